The maximum Gasteiger partial charge on any atom is 0.432 e. The van der Waals surface area contributed by atoms with Gasteiger partial charge >= 0.3 is 6.11 Å². The number of rotatable bonds is 9. The van der Waals surface area contributed by atoms with Crippen molar-refractivity contribution in [1.29, 1.82) is 0 Å². The number of alkyl halides is 2. The Kier molecular flexibility index (Phi) is 9.41. The Labute approximate surface area is 249 Å². The van der Waals surface area contributed by atoms with Crippen LogP contribution in [0.3, 0.4) is 0 Å². The number of benzene rings is 4. The summed E-state index contributed by atoms with van der Waals surface area (Å²) in [4.78, 5) is 0. The van der Waals surface area contributed by atoms with Crippen molar-refractivity contribution < 1.29 is 44.9 Å². The van der Waals surface area contributed by atoms with E-state index in [1.807, 2.05) is 13.0 Å². The minimum Gasteiger partial charge on any atom is -0.429 e. The summed E-state index contributed by atoms with van der Waals surface area (Å²) < 4.78 is 117. The van der Waals surface area contributed by atoms with Gasteiger partial charge in [-0.1, -0.05) is 48.6 Å². The molecule has 1 heterocycles. The first-order valence-corrected chi connectivity index (χ1v) is 13.8. The van der Waals surface area contributed by atoms with E-state index in [-0.39, 0.29) is 11.1 Å². The minimum absolute atomic E-state index is 0.229. The molecule has 0 aromatic heterocycles. The summed E-state index contributed by atoms with van der Waals surface area (Å²) in [5, 5.41) is 0. The van der Waals surface area contributed by atoms with Crippen LogP contribution in [0.4, 0.5) is 30.7 Å². The first-order valence-electron chi connectivity index (χ1n) is 13.8. The van der Waals surface area contributed by atoms with E-state index in [0.29, 0.717) is 60.6 Å². The Morgan fingerprint density at radius 1 is 0.727 bits per heavy atom. The zero-order valence-electron chi connectivity index (χ0n) is 23.4. The molecule has 1 aliphatic rings. The lowest BCUT2D eigenvalue weighted by atomic mass is 9.97. The Balaban J connectivity index is 1.29. The molecule has 0 amide bonds. The van der Waals surface area contributed by atoms with Gasteiger partial charge in [0.25, 0.3) is 0 Å². The van der Waals surface area contributed by atoms with E-state index >= 15 is 4.39 Å². The van der Waals surface area contributed by atoms with Crippen LogP contribution in [-0.4, -0.2) is 13.2 Å². The van der Waals surface area contributed by atoms with Crippen molar-refractivity contribution in [2.75, 3.05) is 13.2 Å². The average molecular weight is 617 g/mol. The van der Waals surface area contributed by atoms with E-state index in [0.717, 1.165) is 24.5 Å². The zero-order chi connectivity index (χ0) is 31.4. The van der Waals surface area contributed by atoms with Gasteiger partial charge in [0.2, 0.25) is 0 Å². The highest BCUT2D eigenvalue weighted by atomic mass is 19.3. The smallest absolute Gasteiger partial charge is 0.429 e. The molecule has 1 fully saturated rings. The fourth-order valence-electron chi connectivity index (χ4n) is 4.91. The summed E-state index contributed by atoms with van der Waals surface area (Å²) in [6.07, 6.45) is 0.952. The van der Waals surface area contributed by atoms with Gasteiger partial charge in [0.05, 0.1) is 13.2 Å². The van der Waals surface area contributed by atoms with Gasteiger partial charge in [-0.05, 0) is 66.8 Å². The second kappa shape index (κ2) is 13.2. The lowest BCUT2D eigenvalue weighted by Crippen LogP contribution is -2.27. The molecule has 4 aromatic carbocycles. The van der Waals surface area contributed by atoms with E-state index in [1.165, 1.54) is 12.1 Å². The summed E-state index contributed by atoms with van der Waals surface area (Å²) in [5.74, 6) is -7.62. The lowest BCUT2D eigenvalue weighted by molar-refractivity contribution is -0.205. The molecule has 0 radical (unpaired) electrons. The summed E-state index contributed by atoms with van der Waals surface area (Å²) in [5.41, 5.74) is -0.403. The number of hydrogen-bond acceptors (Lipinski definition) is 3. The van der Waals surface area contributed by atoms with Gasteiger partial charge in [0.15, 0.2) is 17.9 Å². The molecule has 0 saturated carbocycles. The van der Waals surface area contributed by atoms with E-state index in [9.17, 15) is 26.3 Å². The van der Waals surface area contributed by atoms with Crippen molar-refractivity contribution >= 4 is 0 Å². The fraction of sp³-hybridized carbons (Fsp3) is 0.235. The molecule has 230 valence electrons. The lowest BCUT2D eigenvalue weighted by Gasteiger charge is -2.29. The van der Waals surface area contributed by atoms with Gasteiger partial charge in [-0.25, -0.2) is 22.0 Å². The van der Waals surface area contributed by atoms with Gasteiger partial charge in [0, 0.05) is 23.1 Å². The van der Waals surface area contributed by atoms with Crippen molar-refractivity contribution in [2.45, 2.75) is 32.2 Å². The maximum atomic E-state index is 15.2. The summed E-state index contributed by atoms with van der Waals surface area (Å²) in [7, 11) is 0. The molecule has 0 atom stereocenters. The zero-order valence-corrected chi connectivity index (χ0v) is 23.4. The molecular formula is C34H27F7O3. The summed E-state index contributed by atoms with van der Waals surface area (Å²) in [6, 6.07) is 13.7. The Bertz CT molecular complexity index is 1620. The quantitative estimate of drug-likeness (QED) is 0.138. The van der Waals surface area contributed by atoms with E-state index < -0.39 is 52.8 Å². The molecule has 1 aliphatic heterocycles. The molecule has 44 heavy (non-hydrogen) atoms. The molecule has 0 spiro atoms. The molecule has 1 saturated heterocycles. The van der Waals surface area contributed by atoms with Crippen LogP contribution in [0.2, 0.25) is 0 Å². The predicted molar refractivity (Wildman–Crippen MR) is 150 cm³/mol. The van der Waals surface area contributed by atoms with E-state index in [2.05, 4.69) is 10.8 Å². The average Bonchev–Trinajstić information content (AvgIpc) is 2.99. The van der Waals surface area contributed by atoms with Gasteiger partial charge in [-0.2, -0.15) is 8.78 Å². The summed E-state index contributed by atoms with van der Waals surface area (Å²) >= 11 is 0. The summed E-state index contributed by atoms with van der Waals surface area (Å²) in [6.45, 7) is 3.14. The number of hydrogen-bond donors (Lipinski definition) is 0. The van der Waals surface area contributed by atoms with Crippen molar-refractivity contribution in [3.05, 3.63) is 125 Å². The first kappa shape index (κ1) is 31.3. The number of ether oxygens (including phenoxy) is 3. The Hall–Kier alpha value is -4.15. The second-order valence-electron chi connectivity index (χ2n) is 10.3. The predicted octanol–water partition coefficient (Wildman–Crippen LogP) is 9.86. The number of allylic oxidation sites excluding steroid dienone is 2. The highest BCUT2D eigenvalue weighted by Gasteiger charge is 2.41. The highest BCUT2D eigenvalue weighted by molar-refractivity contribution is 5.71. The Morgan fingerprint density at radius 2 is 1.36 bits per heavy atom. The molecule has 0 bridgehead atoms. The van der Waals surface area contributed by atoms with Crippen LogP contribution in [0.25, 0.3) is 22.3 Å². The van der Waals surface area contributed by atoms with Crippen LogP contribution in [-0.2, 0) is 15.6 Å². The van der Waals surface area contributed by atoms with E-state index in [4.69, 9.17) is 9.47 Å². The van der Waals surface area contributed by atoms with Crippen LogP contribution in [0, 0.1) is 35.0 Å². The normalized spacial score (nSPS) is 17.3. The minimum atomic E-state index is -4.59. The van der Waals surface area contributed by atoms with Gasteiger partial charge in [0.1, 0.15) is 28.8 Å². The molecule has 4 aromatic rings. The van der Waals surface area contributed by atoms with Gasteiger partial charge < -0.3 is 14.2 Å². The fourth-order valence-corrected chi connectivity index (χ4v) is 4.91. The molecule has 0 N–H and O–H groups in total. The van der Waals surface area contributed by atoms with Crippen LogP contribution in [0.5, 0.6) is 5.75 Å². The maximum absolute atomic E-state index is 15.2. The van der Waals surface area contributed by atoms with Gasteiger partial charge in [-0.15, -0.1) is 0 Å². The third kappa shape index (κ3) is 6.97. The molecule has 5 rings (SSSR count). The Morgan fingerprint density at radius 3 is 1.98 bits per heavy atom. The molecule has 0 aliphatic carbocycles. The molecular weight excluding hydrogens is 589 g/mol. The third-order valence-electron chi connectivity index (χ3n) is 7.21. The highest BCUT2D eigenvalue weighted by Crippen LogP contribution is 2.38. The number of halogens is 7. The molecule has 0 unspecified atom stereocenters. The topological polar surface area (TPSA) is 27.7 Å². The third-order valence-corrected chi connectivity index (χ3v) is 7.21. The van der Waals surface area contributed by atoms with Crippen LogP contribution in [0.15, 0.2) is 84.9 Å². The van der Waals surface area contributed by atoms with Crippen molar-refractivity contribution in [3.63, 3.8) is 0 Å². The largest absolute Gasteiger partial charge is 0.432 e. The standard InChI is InChI=1S/C34H27F7O3/c1-2-3-4-5-20-18-42-33(43-19-20)22-8-6-21(7-9-22)23-10-12-26(28(36)14-23)24-15-30(38)32(31(39)16-24)34(40,41)44-25-11-13-27(35)29(37)17-25/h2-3,6-17,20,33H,4-5,18-19H2,1H3/b3-2+. The molecule has 3 nitrogen and oxygen atoms in total. The second-order valence-corrected chi connectivity index (χ2v) is 10.3. The van der Waals surface area contributed by atoms with Crippen molar-refractivity contribution in [3.8, 4) is 28.0 Å². The SMILES string of the molecule is C/C=C/CCC1COC(c2ccc(-c3ccc(-c4cc(F)c(C(F)(F)Oc5ccc(F)c(F)c5)c(F)c4)c(F)c3)cc2)OC1. The van der Waals surface area contributed by atoms with Crippen LogP contribution >= 0.6 is 0 Å². The molecule has 10 heteroatoms. The first-order chi connectivity index (χ1) is 21.1. The van der Waals surface area contributed by atoms with E-state index in [1.54, 1.807) is 24.3 Å². The monoisotopic (exact) mass is 616 g/mol. The van der Waals surface area contributed by atoms with Crippen LogP contribution in [0.1, 0.15) is 37.2 Å². The van der Waals surface area contributed by atoms with Gasteiger partial charge in [-0.3, -0.25) is 0 Å². The van der Waals surface area contributed by atoms with Crippen LogP contribution < -0.4 is 4.74 Å². The van der Waals surface area contributed by atoms with Crippen molar-refractivity contribution in [1.82, 2.24) is 0 Å². The van der Waals surface area contributed by atoms with Crippen molar-refractivity contribution in [2.24, 2.45) is 5.92 Å².